The fourth-order valence-electron chi connectivity index (χ4n) is 1.88. The van der Waals surface area contributed by atoms with E-state index in [0.29, 0.717) is 12.2 Å². The summed E-state index contributed by atoms with van der Waals surface area (Å²) in [5.41, 5.74) is 0.0563. The Morgan fingerprint density at radius 2 is 1.64 bits per heavy atom. The Hall–Kier alpha value is -1.53. The predicted octanol–water partition coefficient (Wildman–Crippen LogP) is 3.11. The molecule has 1 fully saturated rings. The van der Waals surface area contributed by atoms with Gasteiger partial charge < -0.3 is 18.7 Å². The molecule has 1 aliphatic heterocycles. The summed E-state index contributed by atoms with van der Waals surface area (Å²) in [6.07, 6.45) is 0.378. The standard InChI is InChI=1S/C16H23BO5/c1-6-14(18)19-11-12-7-9-13(10-8-12)20-17-21-15(2,3)16(4,5)22-17/h7-10H,6,11H2,1-5H3. The number of hydrogen-bond donors (Lipinski definition) is 0. The second kappa shape index (κ2) is 6.30. The van der Waals surface area contributed by atoms with Gasteiger partial charge in [-0.2, -0.15) is 0 Å². The third-order valence-electron chi connectivity index (χ3n) is 4.08. The van der Waals surface area contributed by atoms with Crippen molar-refractivity contribution in [3.63, 3.8) is 0 Å². The summed E-state index contributed by atoms with van der Waals surface area (Å²) < 4.78 is 22.3. The molecule has 6 heteroatoms. The van der Waals surface area contributed by atoms with E-state index in [0.717, 1.165) is 5.56 Å². The average Bonchev–Trinajstić information content (AvgIpc) is 2.65. The van der Waals surface area contributed by atoms with Gasteiger partial charge >= 0.3 is 13.3 Å². The van der Waals surface area contributed by atoms with Crippen LogP contribution in [-0.2, 0) is 25.4 Å². The van der Waals surface area contributed by atoms with E-state index < -0.39 is 18.5 Å². The first-order valence-corrected chi connectivity index (χ1v) is 7.50. The monoisotopic (exact) mass is 306 g/mol. The minimum Gasteiger partial charge on any atom is -0.512 e. The van der Waals surface area contributed by atoms with Gasteiger partial charge in [0.1, 0.15) is 12.4 Å². The highest BCUT2D eigenvalue weighted by molar-refractivity contribution is 6.38. The zero-order valence-corrected chi connectivity index (χ0v) is 13.8. The molecule has 0 unspecified atom stereocenters. The van der Waals surface area contributed by atoms with Crippen molar-refractivity contribution in [2.24, 2.45) is 0 Å². The highest BCUT2D eigenvalue weighted by Gasteiger charge is 2.54. The minimum absolute atomic E-state index is 0.211. The number of hydrogen-bond acceptors (Lipinski definition) is 5. The maximum absolute atomic E-state index is 11.1. The van der Waals surface area contributed by atoms with Crippen LogP contribution in [0.2, 0.25) is 0 Å². The van der Waals surface area contributed by atoms with Crippen LogP contribution in [0.3, 0.4) is 0 Å². The van der Waals surface area contributed by atoms with Crippen LogP contribution in [0.1, 0.15) is 46.6 Å². The van der Waals surface area contributed by atoms with Crippen LogP contribution < -0.4 is 4.65 Å². The van der Waals surface area contributed by atoms with Gasteiger partial charge in [-0.25, -0.2) is 0 Å². The average molecular weight is 306 g/mol. The lowest BCUT2D eigenvalue weighted by atomic mass is 9.90. The van der Waals surface area contributed by atoms with E-state index >= 15 is 0 Å². The zero-order valence-electron chi connectivity index (χ0n) is 13.8. The quantitative estimate of drug-likeness (QED) is 0.618. The Morgan fingerprint density at radius 1 is 1.09 bits per heavy atom. The molecule has 0 aliphatic carbocycles. The Kier molecular flexibility index (Phi) is 4.82. The van der Waals surface area contributed by atoms with Crippen LogP contribution in [0.15, 0.2) is 24.3 Å². The van der Waals surface area contributed by atoms with Gasteiger partial charge in [0.05, 0.1) is 11.2 Å². The van der Waals surface area contributed by atoms with Gasteiger partial charge in [-0.1, -0.05) is 19.1 Å². The van der Waals surface area contributed by atoms with Crippen LogP contribution in [0, 0.1) is 0 Å². The van der Waals surface area contributed by atoms with Crippen LogP contribution in [0.25, 0.3) is 0 Å². The molecular formula is C16H23BO5. The van der Waals surface area contributed by atoms with Gasteiger partial charge in [-0.3, -0.25) is 4.79 Å². The van der Waals surface area contributed by atoms with Gasteiger partial charge in [0.25, 0.3) is 0 Å². The summed E-state index contributed by atoms with van der Waals surface area (Å²) in [5, 5.41) is 0. The molecule has 1 aromatic rings. The second-order valence-electron chi connectivity index (χ2n) is 6.32. The first-order chi connectivity index (χ1) is 10.2. The lowest BCUT2D eigenvalue weighted by Gasteiger charge is -2.31. The summed E-state index contributed by atoms with van der Waals surface area (Å²) in [7, 11) is -0.728. The third kappa shape index (κ3) is 3.81. The molecule has 0 atom stereocenters. The van der Waals surface area contributed by atoms with Crippen molar-refractivity contribution in [2.75, 3.05) is 0 Å². The third-order valence-corrected chi connectivity index (χ3v) is 4.08. The van der Waals surface area contributed by atoms with Crippen molar-refractivity contribution in [3.8, 4) is 5.75 Å². The molecule has 1 aliphatic rings. The van der Waals surface area contributed by atoms with Crippen LogP contribution in [-0.4, -0.2) is 24.5 Å². The van der Waals surface area contributed by atoms with Gasteiger partial charge in [0, 0.05) is 6.42 Å². The summed E-state index contributed by atoms with van der Waals surface area (Å²) >= 11 is 0. The molecule has 1 aromatic carbocycles. The Bertz CT molecular complexity index is 508. The fourth-order valence-corrected chi connectivity index (χ4v) is 1.88. The fraction of sp³-hybridized carbons (Fsp3) is 0.562. The second-order valence-corrected chi connectivity index (χ2v) is 6.32. The first kappa shape index (κ1) is 16.8. The van der Waals surface area contributed by atoms with Crippen molar-refractivity contribution in [1.29, 1.82) is 0 Å². The zero-order chi connectivity index (χ0) is 16.4. The van der Waals surface area contributed by atoms with E-state index in [1.165, 1.54) is 0 Å². The normalized spacial score (nSPS) is 19.0. The molecule has 0 amide bonds. The van der Waals surface area contributed by atoms with Crippen molar-refractivity contribution in [3.05, 3.63) is 29.8 Å². The lowest BCUT2D eigenvalue weighted by molar-refractivity contribution is -0.144. The molecule has 0 aromatic heterocycles. The highest BCUT2D eigenvalue weighted by Crippen LogP contribution is 2.37. The topological polar surface area (TPSA) is 54.0 Å². The van der Waals surface area contributed by atoms with E-state index in [2.05, 4.69) is 0 Å². The van der Waals surface area contributed by atoms with Crippen molar-refractivity contribution in [1.82, 2.24) is 0 Å². The number of rotatable bonds is 5. The van der Waals surface area contributed by atoms with Crippen molar-refractivity contribution < 1.29 is 23.5 Å². The Balaban J connectivity index is 1.91. The van der Waals surface area contributed by atoms with Crippen LogP contribution in [0.5, 0.6) is 5.75 Å². The number of carbonyl (C=O) groups is 1. The predicted molar refractivity (Wildman–Crippen MR) is 83.2 cm³/mol. The summed E-state index contributed by atoms with van der Waals surface area (Å²) in [4.78, 5) is 11.1. The number of ether oxygens (including phenoxy) is 1. The molecule has 0 saturated carbocycles. The number of esters is 1. The lowest BCUT2D eigenvalue weighted by Crippen LogP contribution is -2.41. The first-order valence-electron chi connectivity index (χ1n) is 7.50. The Morgan fingerprint density at radius 3 is 2.14 bits per heavy atom. The number of carbonyl (C=O) groups excluding carboxylic acids is 1. The molecular weight excluding hydrogens is 283 g/mol. The molecule has 22 heavy (non-hydrogen) atoms. The van der Waals surface area contributed by atoms with E-state index in [1.54, 1.807) is 19.1 Å². The van der Waals surface area contributed by atoms with Crippen LogP contribution in [0.4, 0.5) is 0 Å². The van der Waals surface area contributed by atoms with Gasteiger partial charge in [-0.15, -0.1) is 0 Å². The largest absolute Gasteiger partial charge is 0.714 e. The van der Waals surface area contributed by atoms with Crippen molar-refractivity contribution >= 4 is 13.3 Å². The maximum Gasteiger partial charge on any atom is 0.714 e. The Labute approximate surface area is 132 Å². The molecule has 0 N–H and O–H groups in total. The van der Waals surface area contributed by atoms with E-state index in [-0.39, 0.29) is 12.6 Å². The molecule has 120 valence electrons. The van der Waals surface area contributed by atoms with Crippen LogP contribution >= 0.6 is 0 Å². The summed E-state index contributed by atoms with van der Waals surface area (Å²) in [6, 6.07) is 7.31. The molecule has 0 bridgehead atoms. The molecule has 2 rings (SSSR count). The molecule has 0 radical (unpaired) electrons. The van der Waals surface area contributed by atoms with Gasteiger partial charge in [0.2, 0.25) is 0 Å². The van der Waals surface area contributed by atoms with Crippen molar-refractivity contribution in [2.45, 2.75) is 58.8 Å². The molecule has 5 nitrogen and oxygen atoms in total. The molecule has 1 heterocycles. The van der Waals surface area contributed by atoms with Gasteiger partial charge in [0.15, 0.2) is 0 Å². The van der Waals surface area contributed by atoms with E-state index in [1.807, 2.05) is 39.8 Å². The SMILES string of the molecule is CCC(=O)OCc1ccc(OB2OC(C)(C)C(C)(C)O2)cc1. The maximum atomic E-state index is 11.1. The summed E-state index contributed by atoms with van der Waals surface area (Å²) in [5.74, 6) is 0.432. The minimum atomic E-state index is -0.728. The highest BCUT2D eigenvalue weighted by atomic mass is 16.8. The van der Waals surface area contributed by atoms with E-state index in [9.17, 15) is 4.79 Å². The number of benzene rings is 1. The summed E-state index contributed by atoms with van der Waals surface area (Å²) in [6.45, 7) is 9.93. The molecule has 0 spiro atoms. The van der Waals surface area contributed by atoms with E-state index in [4.69, 9.17) is 18.7 Å². The smallest absolute Gasteiger partial charge is 0.512 e. The molecule has 1 saturated heterocycles. The van der Waals surface area contributed by atoms with Gasteiger partial charge in [-0.05, 0) is 45.4 Å².